The number of nitrogens with zero attached hydrogens (tertiary/aromatic N) is 1. The van der Waals surface area contributed by atoms with Crippen molar-refractivity contribution in [2.75, 3.05) is 31.2 Å². The molecule has 3 heteroatoms. The molecule has 1 aliphatic heterocycles. The van der Waals surface area contributed by atoms with Gasteiger partial charge in [-0.15, -0.1) is 0 Å². The van der Waals surface area contributed by atoms with Gasteiger partial charge in [0.05, 0.1) is 13.2 Å². The number of Topliss-reactive ketones (excluding diaryl/α,β-unsaturated/α-hetero) is 1. The van der Waals surface area contributed by atoms with Gasteiger partial charge < -0.3 is 9.64 Å². The monoisotopic (exact) mass is 319 g/mol. The molecular formula is C21H21NO2. The van der Waals surface area contributed by atoms with Crippen LogP contribution >= 0.6 is 0 Å². The van der Waals surface area contributed by atoms with Crippen LogP contribution < -0.4 is 4.90 Å². The molecule has 0 aromatic heterocycles. The number of morpholine rings is 1. The summed E-state index contributed by atoms with van der Waals surface area (Å²) in [5, 5.41) is 0. The summed E-state index contributed by atoms with van der Waals surface area (Å²) in [7, 11) is 0. The van der Waals surface area contributed by atoms with Crippen LogP contribution in [0.1, 0.15) is 27.9 Å². The molecule has 0 radical (unpaired) electrons. The van der Waals surface area contributed by atoms with Gasteiger partial charge >= 0.3 is 0 Å². The maximum Gasteiger partial charge on any atom is 0.189 e. The fraction of sp³-hybridized carbons (Fsp3) is 0.286. The molecule has 0 N–H and O–H groups in total. The van der Waals surface area contributed by atoms with Gasteiger partial charge in [-0.25, -0.2) is 0 Å². The number of fused-ring (bicyclic) bond motifs is 1. The lowest BCUT2D eigenvalue weighted by atomic mass is 9.86. The Labute approximate surface area is 142 Å². The molecule has 2 aromatic rings. The summed E-state index contributed by atoms with van der Waals surface area (Å²) < 4.78 is 5.40. The molecule has 1 aliphatic carbocycles. The van der Waals surface area contributed by atoms with Crippen LogP contribution in [0, 0.1) is 0 Å². The third-order valence-electron chi connectivity index (χ3n) is 4.83. The van der Waals surface area contributed by atoms with E-state index in [9.17, 15) is 4.79 Å². The second-order valence-electron chi connectivity index (χ2n) is 6.35. The maximum absolute atomic E-state index is 12.6. The summed E-state index contributed by atoms with van der Waals surface area (Å²) in [6.45, 7) is 3.46. The molecule has 122 valence electrons. The van der Waals surface area contributed by atoms with E-state index in [0.717, 1.165) is 55.8 Å². The third-order valence-corrected chi connectivity index (χ3v) is 4.83. The topological polar surface area (TPSA) is 29.5 Å². The first-order chi connectivity index (χ1) is 11.8. The second kappa shape index (κ2) is 6.62. The van der Waals surface area contributed by atoms with E-state index in [2.05, 4.69) is 35.2 Å². The Bertz CT molecular complexity index is 771. The fourth-order valence-corrected chi connectivity index (χ4v) is 3.46. The van der Waals surface area contributed by atoms with E-state index in [0.29, 0.717) is 0 Å². The summed E-state index contributed by atoms with van der Waals surface area (Å²) in [4.78, 5) is 15.0. The van der Waals surface area contributed by atoms with Gasteiger partial charge in [-0.2, -0.15) is 0 Å². The molecule has 1 fully saturated rings. The predicted molar refractivity (Wildman–Crippen MR) is 96.5 cm³/mol. The average Bonchev–Trinajstić information content (AvgIpc) is 2.66. The molecule has 1 heterocycles. The van der Waals surface area contributed by atoms with Gasteiger partial charge in [0.15, 0.2) is 5.78 Å². The van der Waals surface area contributed by atoms with Crippen LogP contribution in [0.5, 0.6) is 0 Å². The van der Waals surface area contributed by atoms with Gasteiger partial charge in [0.2, 0.25) is 0 Å². The van der Waals surface area contributed by atoms with Gasteiger partial charge in [0.1, 0.15) is 0 Å². The van der Waals surface area contributed by atoms with Crippen molar-refractivity contribution in [1.29, 1.82) is 0 Å². The number of hydrogen-bond donors (Lipinski definition) is 0. The Kier molecular flexibility index (Phi) is 4.18. The first-order valence-corrected chi connectivity index (χ1v) is 8.57. The third kappa shape index (κ3) is 3.00. The smallest absolute Gasteiger partial charge is 0.189 e. The summed E-state index contributed by atoms with van der Waals surface area (Å²) in [6.07, 6.45) is 3.81. The molecule has 2 aromatic carbocycles. The number of rotatable bonds is 2. The van der Waals surface area contributed by atoms with Crippen molar-refractivity contribution in [3.05, 3.63) is 70.8 Å². The average molecular weight is 319 g/mol. The highest BCUT2D eigenvalue weighted by molar-refractivity contribution is 6.13. The normalized spacial score (nSPS) is 19.4. The number of hydrogen-bond acceptors (Lipinski definition) is 3. The van der Waals surface area contributed by atoms with Crippen LogP contribution in [0.2, 0.25) is 0 Å². The molecule has 0 unspecified atom stereocenters. The number of allylic oxidation sites excluding steroid dienone is 1. The molecule has 4 rings (SSSR count). The van der Waals surface area contributed by atoms with E-state index in [1.54, 1.807) is 0 Å². The SMILES string of the molecule is O=C1/C(=C/c2ccc(N3CCOCC3)cc2)CCc2ccccc21. The van der Waals surface area contributed by atoms with Crippen molar-refractivity contribution in [3.8, 4) is 0 Å². The lowest BCUT2D eigenvalue weighted by Gasteiger charge is -2.28. The summed E-state index contributed by atoms with van der Waals surface area (Å²) in [5.41, 5.74) is 5.26. The van der Waals surface area contributed by atoms with Gasteiger partial charge in [0.25, 0.3) is 0 Å². The Morgan fingerprint density at radius 2 is 1.67 bits per heavy atom. The quantitative estimate of drug-likeness (QED) is 0.790. The Morgan fingerprint density at radius 3 is 2.46 bits per heavy atom. The van der Waals surface area contributed by atoms with Crippen LogP contribution in [-0.2, 0) is 11.2 Å². The molecule has 0 saturated carbocycles. The minimum Gasteiger partial charge on any atom is -0.378 e. The highest BCUT2D eigenvalue weighted by Crippen LogP contribution is 2.27. The van der Waals surface area contributed by atoms with Crippen molar-refractivity contribution in [1.82, 2.24) is 0 Å². The van der Waals surface area contributed by atoms with E-state index < -0.39 is 0 Å². The van der Waals surface area contributed by atoms with Crippen molar-refractivity contribution >= 4 is 17.5 Å². The number of benzene rings is 2. The first-order valence-electron chi connectivity index (χ1n) is 8.57. The van der Waals surface area contributed by atoms with Crippen LogP contribution in [0.15, 0.2) is 54.1 Å². The van der Waals surface area contributed by atoms with Crippen molar-refractivity contribution in [2.45, 2.75) is 12.8 Å². The van der Waals surface area contributed by atoms with Gasteiger partial charge in [-0.3, -0.25) is 4.79 Å². The number of carbonyl (C=O) groups excluding carboxylic acids is 1. The minimum absolute atomic E-state index is 0.175. The number of ether oxygens (including phenoxy) is 1. The van der Waals surface area contributed by atoms with Gasteiger partial charge in [-0.1, -0.05) is 36.4 Å². The standard InChI is InChI=1S/C21H21NO2/c23-21-18(8-7-17-3-1-2-4-20(17)21)15-16-5-9-19(10-6-16)22-11-13-24-14-12-22/h1-6,9-10,15H,7-8,11-14H2/b18-15+. The lowest BCUT2D eigenvalue weighted by Crippen LogP contribution is -2.36. The minimum atomic E-state index is 0.175. The largest absolute Gasteiger partial charge is 0.378 e. The van der Waals surface area contributed by atoms with E-state index in [1.807, 2.05) is 24.3 Å². The van der Waals surface area contributed by atoms with Crippen molar-refractivity contribution in [3.63, 3.8) is 0 Å². The number of carbonyl (C=O) groups is 1. The zero-order valence-corrected chi connectivity index (χ0v) is 13.7. The van der Waals surface area contributed by atoms with Crippen LogP contribution in [0.3, 0.4) is 0 Å². The van der Waals surface area contributed by atoms with E-state index in [4.69, 9.17) is 4.74 Å². The molecule has 24 heavy (non-hydrogen) atoms. The lowest BCUT2D eigenvalue weighted by molar-refractivity contribution is 0.102. The summed E-state index contributed by atoms with van der Waals surface area (Å²) >= 11 is 0. The van der Waals surface area contributed by atoms with E-state index in [-0.39, 0.29) is 5.78 Å². The van der Waals surface area contributed by atoms with Crippen molar-refractivity contribution in [2.24, 2.45) is 0 Å². The molecule has 1 saturated heterocycles. The molecule has 0 atom stereocenters. The Morgan fingerprint density at radius 1 is 0.917 bits per heavy atom. The summed E-state index contributed by atoms with van der Waals surface area (Å²) in [5.74, 6) is 0.175. The Hall–Kier alpha value is -2.39. The van der Waals surface area contributed by atoms with Crippen LogP contribution in [0.4, 0.5) is 5.69 Å². The molecule has 0 amide bonds. The van der Waals surface area contributed by atoms with Gasteiger partial charge in [-0.05, 0) is 42.2 Å². The van der Waals surface area contributed by atoms with E-state index >= 15 is 0 Å². The Balaban J connectivity index is 1.54. The zero-order valence-electron chi connectivity index (χ0n) is 13.7. The van der Waals surface area contributed by atoms with Gasteiger partial charge in [0, 0.05) is 29.9 Å². The number of aryl methyl sites for hydroxylation is 1. The first kappa shape index (κ1) is 15.2. The number of ketones is 1. The van der Waals surface area contributed by atoms with Crippen LogP contribution in [0.25, 0.3) is 6.08 Å². The van der Waals surface area contributed by atoms with Crippen LogP contribution in [-0.4, -0.2) is 32.1 Å². The fourth-order valence-electron chi connectivity index (χ4n) is 3.46. The summed E-state index contributed by atoms with van der Waals surface area (Å²) in [6, 6.07) is 16.4. The molecule has 2 aliphatic rings. The highest BCUT2D eigenvalue weighted by atomic mass is 16.5. The number of anilines is 1. The molecule has 0 spiro atoms. The molecular weight excluding hydrogens is 298 g/mol. The van der Waals surface area contributed by atoms with E-state index in [1.165, 1.54) is 11.3 Å². The zero-order chi connectivity index (χ0) is 16.4. The molecule has 0 bridgehead atoms. The predicted octanol–water partition coefficient (Wildman–Crippen LogP) is 3.74. The van der Waals surface area contributed by atoms with Crippen molar-refractivity contribution < 1.29 is 9.53 Å². The molecule has 3 nitrogen and oxygen atoms in total. The second-order valence-corrected chi connectivity index (χ2v) is 6.35. The highest BCUT2D eigenvalue weighted by Gasteiger charge is 2.21. The maximum atomic E-state index is 12.6.